The fourth-order valence-electron chi connectivity index (χ4n) is 1.30. The molecule has 1 fully saturated rings. The summed E-state index contributed by atoms with van der Waals surface area (Å²) in [4.78, 5) is 0. The Labute approximate surface area is 60.5 Å². The van der Waals surface area contributed by atoms with E-state index in [1.807, 2.05) is 0 Å². The third-order valence-electron chi connectivity index (χ3n) is 2.03. The lowest BCUT2D eigenvalue weighted by Gasteiger charge is -2.27. The zero-order valence-corrected chi connectivity index (χ0v) is 6.05. The zero-order chi connectivity index (χ0) is 7.40. The second kappa shape index (κ2) is 3.88. The molecule has 0 bridgehead atoms. The number of nitrogens with two attached hydrogens (primary N) is 1. The summed E-state index contributed by atoms with van der Waals surface area (Å²) in [6.07, 6.45) is 1.52. The lowest BCUT2D eigenvalue weighted by molar-refractivity contribution is 0.0445. The van der Waals surface area contributed by atoms with E-state index in [4.69, 9.17) is 10.5 Å². The van der Waals surface area contributed by atoms with Crippen LogP contribution in [0.25, 0.3) is 0 Å². The molecule has 10 heavy (non-hydrogen) atoms. The Bertz CT molecular complexity index is 97.6. The van der Waals surface area contributed by atoms with E-state index >= 15 is 0 Å². The van der Waals surface area contributed by atoms with Gasteiger partial charge in [0.15, 0.2) is 0 Å². The van der Waals surface area contributed by atoms with Gasteiger partial charge in [-0.1, -0.05) is 0 Å². The molecule has 1 saturated heterocycles. The molecule has 0 aromatic carbocycles. The van der Waals surface area contributed by atoms with Gasteiger partial charge in [-0.25, -0.2) is 0 Å². The van der Waals surface area contributed by atoms with Gasteiger partial charge in [0.1, 0.15) is 0 Å². The lowest BCUT2D eigenvalue weighted by Crippen LogP contribution is -2.39. The average molecular weight is 147 g/mol. The first-order valence-electron chi connectivity index (χ1n) is 3.74. The molecule has 1 aliphatic rings. The van der Waals surface area contributed by atoms with E-state index < -0.39 is 0 Å². The fraction of sp³-hybridized carbons (Fsp3) is 1.00. The second-order valence-electron chi connectivity index (χ2n) is 2.77. The number of ether oxygens (including phenoxy) is 1. The van der Waals surface area contributed by atoms with Gasteiger partial charge >= 0.3 is 0 Å². The quantitative estimate of drug-likeness (QED) is 0.624. The van der Waals surface area contributed by atoms with Crippen LogP contribution in [0.4, 0.5) is 4.39 Å². The van der Waals surface area contributed by atoms with Gasteiger partial charge in [0, 0.05) is 12.6 Å². The van der Waals surface area contributed by atoms with Crippen LogP contribution < -0.4 is 5.73 Å². The highest BCUT2D eigenvalue weighted by atomic mass is 19.1. The van der Waals surface area contributed by atoms with Crippen molar-refractivity contribution in [3.05, 3.63) is 0 Å². The molecule has 60 valence electrons. The van der Waals surface area contributed by atoms with Crippen molar-refractivity contribution in [2.45, 2.75) is 18.9 Å². The number of hydrogen-bond acceptors (Lipinski definition) is 2. The number of rotatable bonds is 2. The molecule has 0 aliphatic carbocycles. The van der Waals surface area contributed by atoms with Crippen LogP contribution in [-0.2, 0) is 4.74 Å². The predicted octanol–water partition coefficient (Wildman–Crippen LogP) is 0.710. The van der Waals surface area contributed by atoms with Gasteiger partial charge < -0.3 is 10.5 Å². The first-order valence-corrected chi connectivity index (χ1v) is 3.74. The van der Waals surface area contributed by atoms with E-state index in [9.17, 15) is 4.39 Å². The van der Waals surface area contributed by atoms with Crippen molar-refractivity contribution in [1.29, 1.82) is 0 Å². The van der Waals surface area contributed by atoms with Gasteiger partial charge in [-0.05, 0) is 18.8 Å². The predicted molar refractivity (Wildman–Crippen MR) is 37.5 cm³/mol. The van der Waals surface area contributed by atoms with Gasteiger partial charge in [-0.2, -0.15) is 0 Å². The molecule has 0 amide bonds. The molecule has 1 heterocycles. The van der Waals surface area contributed by atoms with Crippen LogP contribution in [0.1, 0.15) is 12.8 Å². The molecule has 0 radical (unpaired) electrons. The molecule has 0 aromatic rings. The summed E-state index contributed by atoms with van der Waals surface area (Å²) in [5.41, 5.74) is 5.67. The van der Waals surface area contributed by atoms with Crippen molar-refractivity contribution in [2.24, 2.45) is 11.7 Å². The standard InChI is InChI=1S/C7H14FNO/c8-3-1-6-2-4-10-5-7(6)9/h6-7H,1-5,9H2. The van der Waals surface area contributed by atoms with Gasteiger partial charge in [-0.15, -0.1) is 0 Å². The van der Waals surface area contributed by atoms with Crippen LogP contribution >= 0.6 is 0 Å². The van der Waals surface area contributed by atoms with E-state index in [0.717, 1.165) is 13.0 Å². The Morgan fingerprint density at radius 1 is 1.60 bits per heavy atom. The van der Waals surface area contributed by atoms with E-state index in [2.05, 4.69) is 0 Å². The number of alkyl halides is 1. The molecule has 2 N–H and O–H groups in total. The molecule has 1 rings (SSSR count). The summed E-state index contributed by atoms with van der Waals surface area (Å²) in [7, 11) is 0. The topological polar surface area (TPSA) is 35.2 Å². The van der Waals surface area contributed by atoms with E-state index in [1.165, 1.54) is 0 Å². The molecule has 0 aromatic heterocycles. The Morgan fingerprint density at radius 2 is 2.40 bits per heavy atom. The van der Waals surface area contributed by atoms with Crippen molar-refractivity contribution in [3.8, 4) is 0 Å². The molecule has 2 unspecified atom stereocenters. The van der Waals surface area contributed by atoms with Crippen molar-refractivity contribution < 1.29 is 9.13 Å². The molecular weight excluding hydrogens is 133 g/mol. The van der Waals surface area contributed by atoms with Crippen LogP contribution in [0.15, 0.2) is 0 Å². The third kappa shape index (κ3) is 1.92. The molecular formula is C7H14FNO. The van der Waals surface area contributed by atoms with Crippen LogP contribution in [0.5, 0.6) is 0 Å². The van der Waals surface area contributed by atoms with Crippen molar-refractivity contribution >= 4 is 0 Å². The minimum absolute atomic E-state index is 0.0597. The summed E-state index contributed by atoms with van der Waals surface area (Å²) < 4.78 is 17.0. The van der Waals surface area contributed by atoms with E-state index in [0.29, 0.717) is 18.9 Å². The largest absolute Gasteiger partial charge is 0.380 e. The summed E-state index contributed by atoms with van der Waals surface area (Å²) in [6.45, 7) is 1.10. The molecule has 0 saturated carbocycles. The number of halogens is 1. The Kier molecular flexibility index (Phi) is 3.09. The molecule has 2 nitrogen and oxygen atoms in total. The molecule has 0 spiro atoms. The first-order chi connectivity index (χ1) is 4.84. The highest BCUT2D eigenvalue weighted by molar-refractivity contribution is 4.75. The van der Waals surface area contributed by atoms with Gasteiger partial charge in [0.2, 0.25) is 0 Å². The Morgan fingerprint density at radius 3 is 3.00 bits per heavy atom. The highest BCUT2D eigenvalue weighted by Crippen LogP contribution is 2.17. The van der Waals surface area contributed by atoms with Gasteiger partial charge in [0.25, 0.3) is 0 Å². The summed E-state index contributed by atoms with van der Waals surface area (Å²) >= 11 is 0. The zero-order valence-electron chi connectivity index (χ0n) is 6.05. The summed E-state index contributed by atoms with van der Waals surface area (Å²) in [6, 6.07) is 0.0597. The maximum Gasteiger partial charge on any atom is 0.0897 e. The monoisotopic (exact) mass is 147 g/mol. The van der Waals surface area contributed by atoms with E-state index in [1.54, 1.807) is 0 Å². The summed E-state index contributed by atoms with van der Waals surface area (Å²) in [5, 5.41) is 0. The Hall–Kier alpha value is -0.150. The lowest BCUT2D eigenvalue weighted by atomic mass is 9.93. The Balaban J connectivity index is 2.25. The van der Waals surface area contributed by atoms with Crippen molar-refractivity contribution in [1.82, 2.24) is 0 Å². The van der Waals surface area contributed by atoms with Crippen LogP contribution in [0.3, 0.4) is 0 Å². The van der Waals surface area contributed by atoms with Gasteiger partial charge in [-0.3, -0.25) is 4.39 Å². The van der Waals surface area contributed by atoms with Crippen LogP contribution in [0, 0.1) is 5.92 Å². The second-order valence-corrected chi connectivity index (χ2v) is 2.77. The van der Waals surface area contributed by atoms with Crippen LogP contribution in [-0.4, -0.2) is 25.9 Å². The maximum atomic E-state index is 11.9. The van der Waals surface area contributed by atoms with Crippen LogP contribution in [0.2, 0.25) is 0 Å². The maximum absolute atomic E-state index is 11.9. The molecule has 2 atom stereocenters. The smallest absolute Gasteiger partial charge is 0.0897 e. The molecule has 1 aliphatic heterocycles. The normalized spacial score (nSPS) is 34.2. The first kappa shape index (κ1) is 7.95. The summed E-state index contributed by atoms with van der Waals surface area (Å²) in [5.74, 6) is 0.346. The third-order valence-corrected chi connectivity index (χ3v) is 2.03. The average Bonchev–Trinajstić information content (AvgIpc) is 1.94. The SMILES string of the molecule is NC1COCCC1CCF. The highest BCUT2D eigenvalue weighted by Gasteiger charge is 2.21. The van der Waals surface area contributed by atoms with Gasteiger partial charge in [0.05, 0.1) is 13.3 Å². The molecule has 3 heteroatoms. The fourth-order valence-corrected chi connectivity index (χ4v) is 1.30. The minimum atomic E-state index is -0.252. The van der Waals surface area contributed by atoms with Crippen molar-refractivity contribution in [2.75, 3.05) is 19.9 Å². The number of hydrogen-bond donors (Lipinski definition) is 1. The van der Waals surface area contributed by atoms with Crippen molar-refractivity contribution in [3.63, 3.8) is 0 Å². The van der Waals surface area contributed by atoms with E-state index in [-0.39, 0.29) is 12.7 Å². The minimum Gasteiger partial charge on any atom is -0.380 e.